The lowest BCUT2D eigenvalue weighted by Gasteiger charge is -2.10. The second kappa shape index (κ2) is 5.10. The van der Waals surface area contributed by atoms with Gasteiger partial charge in [0.25, 0.3) is 5.91 Å². The molecule has 1 amide bonds. The van der Waals surface area contributed by atoms with Gasteiger partial charge in [0, 0.05) is 16.9 Å². The highest BCUT2D eigenvalue weighted by Gasteiger charge is 2.07. The van der Waals surface area contributed by atoms with E-state index < -0.39 is 0 Å². The molecule has 0 bridgehead atoms. The lowest BCUT2D eigenvalue weighted by molar-refractivity contribution is 0.0944. The molecule has 1 aromatic rings. The maximum absolute atomic E-state index is 12.5. The maximum Gasteiger partial charge on any atom is 0.251 e. The van der Waals surface area contributed by atoms with E-state index in [9.17, 15) is 9.18 Å². The summed E-state index contributed by atoms with van der Waals surface area (Å²) in [5, 5.41) is 3.45. The molecule has 0 aliphatic rings. The maximum atomic E-state index is 12.5. The molecule has 0 saturated carbocycles. The molecule has 14 heavy (non-hydrogen) atoms. The van der Waals surface area contributed by atoms with Gasteiger partial charge in [0.05, 0.1) is 0 Å². The van der Waals surface area contributed by atoms with Gasteiger partial charge in [0.15, 0.2) is 0 Å². The zero-order valence-electron chi connectivity index (χ0n) is 7.76. The molecule has 0 aromatic heterocycles. The highest BCUT2D eigenvalue weighted by Crippen LogP contribution is 2.03. The smallest absolute Gasteiger partial charge is 0.251 e. The number of hydrogen-bond donors (Lipinski definition) is 1. The molecule has 0 fully saturated rings. The van der Waals surface area contributed by atoms with E-state index in [1.807, 2.05) is 6.92 Å². The zero-order chi connectivity index (χ0) is 10.6. The van der Waals surface area contributed by atoms with E-state index in [2.05, 4.69) is 21.2 Å². The molecule has 4 heteroatoms. The predicted molar refractivity (Wildman–Crippen MR) is 57.1 cm³/mol. The Morgan fingerprint density at radius 2 is 2.07 bits per heavy atom. The Labute approximate surface area is 90.6 Å². The fourth-order valence-corrected chi connectivity index (χ4v) is 1.11. The van der Waals surface area contributed by atoms with Crippen LogP contribution >= 0.6 is 15.9 Å². The number of halogens is 2. The summed E-state index contributed by atoms with van der Waals surface area (Å²) >= 11 is 3.25. The number of benzene rings is 1. The molecule has 0 saturated heterocycles. The van der Waals surface area contributed by atoms with Crippen LogP contribution in [0.2, 0.25) is 0 Å². The van der Waals surface area contributed by atoms with E-state index in [-0.39, 0.29) is 17.8 Å². The van der Waals surface area contributed by atoms with Crippen LogP contribution in [0.3, 0.4) is 0 Å². The van der Waals surface area contributed by atoms with Gasteiger partial charge in [-0.2, -0.15) is 0 Å². The van der Waals surface area contributed by atoms with Crippen molar-refractivity contribution < 1.29 is 9.18 Å². The van der Waals surface area contributed by atoms with Gasteiger partial charge in [0.1, 0.15) is 5.82 Å². The number of carbonyl (C=O) groups excluding carboxylic acids is 1. The summed E-state index contributed by atoms with van der Waals surface area (Å²) in [6.07, 6.45) is 0. The Balaban J connectivity index is 2.65. The lowest BCUT2D eigenvalue weighted by Crippen LogP contribution is -2.33. The zero-order valence-corrected chi connectivity index (χ0v) is 9.34. The highest BCUT2D eigenvalue weighted by atomic mass is 79.9. The Morgan fingerprint density at radius 1 is 1.50 bits per heavy atom. The average Bonchev–Trinajstić information content (AvgIpc) is 2.18. The van der Waals surface area contributed by atoms with Crippen molar-refractivity contribution in [3.63, 3.8) is 0 Å². The van der Waals surface area contributed by atoms with Gasteiger partial charge in [-0.1, -0.05) is 15.9 Å². The molecule has 0 aliphatic heterocycles. The molecule has 1 aromatic carbocycles. The number of amides is 1. The highest BCUT2D eigenvalue weighted by molar-refractivity contribution is 9.09. The summed E-state index contributed by atoms with van der Waals surface area (Å²) in [5.41, 5.74) is 0.471. The summed E-state index contributed by atoms with van der Waals surface area (Å²) < 4.78 is 12.5. The fourth-order valence-electron chi connectivity index (χ4n) is 0.947. The van der Waals surface area contributed by atoms with Gasteiger partial charge in [-0.15, -0.1) is 0 Å². The van der Waals surface area contributed by atoms with Crippen LogP contribution < -0.4 is 5.32 Å². The standard InChI is InChI=1S/C10H11BrFNO/c1-7(6-11)13-10(14)8-2-4-9(12)5-3-8/h2-5,7H,6H2,1H3,(H,13,14). The minimum atomic E-state index is -0.338. The number of rotatable bonds is 3. The molecule has 1 unspecified atom stereocenters. The monoisotopic (exact) mass is 259 g/mol. The van der Waals surface area contributed by atoms with Crippen molar-refractivity contribution in [3.8, 4) is 0 Å². The first-order chi connectivity index (χ1) is 6.63. The minimum Gasteiger partial charge on any atom is -0.349 e. The summed E-state index contributed by atoms with van der Waals surface area (Å²) in [7, 11) is 0. The third kappa shape index (κ3) is 3.10. The molecular weight excluding hydrogens is 249 g/mol. The first kappa shape index (κ1) is 11.2. The van der Waals surface area contributed by atoms with Gasteiger partial charge < -0.3 is 5.32 Å². The van der Waals surface area contributed by atoms with Crippen molar-refractivity contribution in [3.05, 3.63) is 35.6 Å². The molecule has 1 rings (SSSR count). The molecule has 76 valence electrons. The molecule has 0 spiro atoms. The second-order valence-electron chi connectivity index (χ2n) is 3.04. The summed E-state index contributed by atoms with van der Waals surface area (Å²) in [4.78, 5) is 11.5. The molecule has 1 N–H and O–H groups in total. The van der Waals surface area contributed by atoms with E-state index in [4.69, 9.17) is 0 Å². The Bertz CT molecular complexity index is 312. The van der Waals surface area contributed by atoms with Crippen molar-refractivity contribution in [1.82, 2.24) is 5.32 Å². The predicted octanol–water partition coefficient (Wildman–Crippen LogP) is 2.34. The summed E-state index contributed by atoms with van der Waals surface area (Å²) in [6, 6.07) is 5.53. The summed E-state index contributed by atoms with van der Waals surface area (Å²) in [5.74, 6) is -0.521. The Hall–Kier alpha value is -0.900. The van der Waals surface area contributed by atoms with Gasteiger partial charge in [0.2, 0.25) is 0 Å². The van der Waals surface area contributed by atoms with E-state index in [0.29, 0.717) is 10.9 Å². The van der Waals surface area contributed by atoms with Crippen LogP contribution in [0.4, 0.5) is 4.39 Å². The summed E-state index contributed by atoms with van der Waals surface area (Å²) in [6.45, 7) is 1.89. The van der Waals surface area contributed by atoms with Gasteiger partial charge in [-0.25, -0.2) is 4.39 Å². The number of alkyl halides is 1. The van der Waals surface area contributed by atoms with Crippen molar-refractivity contribution in [2.24, 2.45) is 0 Å². The third-order valence-corrected chi connectivity index (χ3v) is 2.69. The molecule has 0 heterocycles. The number of carbonyl (C=O) groups is 1. The minimum absolute atomic E-state index is 0.0625. The van der Waals surface area contributed by atoms with Crippen molar-refractivity contribution in [2.45, 2.75) is 13.0 Å². The quantitative estimate of drug-likeness (QED) is 0.830. The molecule has 0 aliphatic carbocycles. The number of nitrogens with one attached hydrogen (secondary N) is 1. The van der Waals surface area contributed by atoms with Crippen LogP contribution in [0.1, 0.15) is 17.3 Å². The largest absolute Gasteiger partial charge is 0.349 e. The normalized spacial score (nSPS) is 12.2. The SMILES string of the molecule is CC(CBr)NC(=O)c1ccc(F)cc1. The van der Waals surface area contributed by atoms with E-state index in [0.717, 1.165) is 0 Å². The third-order valence-electron chi connectivity index (χ3n) is 1.72. The van der Waals surface area contributed by atoms with Gasteiger partial charge in [-0.3, -0.25) is 4.79 Å². The van der Waals surface area contributed by atoms with E-state index in [1.165, 1.54) is 24.3 Å². The molecule has 0 radical (unpaired) electrons. The van der Waals surface area contributed by atoms with Crippen LogP contribution in [0.5, 0.6) is 0 Å². The first-order valence-corrected chi connectivity index (χ1v) is 5.38. The van der Waals surface area contributed by atoms with Crippen LogP contribution in [0, 0.1) is 5.82 Å². The van der Waals surface area contributed by atoms with Crippen molar-refractivity contribution >= 4 is 21.8 Å². The lowest BCUT2D eigenvalue weighted by atomic mass is 10.2. The van der Waals surface area contributed by atoms with Crippen LogP contribution in [0.15, 0.2) is 24.3 Å². The molecule has 1 atom stereocenters. The van der Waals surface area contributed by atoms with Crippen molar-refractivity contribution in [2.75, 3.05) is 5.33 Å². The fraction of sp³-hybridized carbons (Fsp3) is 0.300. The Morgan fingerprint density at radius 3 is 2.57 bits per heavy atom. The van der Waals surface area contributed by atoms with Crippen LogP contribution in [-0.2, 0) is 0 Å². The van der Waals surface area contributed by atoms with Crippen LogP contribution in [-0.4, -0.2) is 17.3 Å². The Kier molecular flexibility index (Phi) is 4.07. The topological polar surface area (TPSA) is 29.1 Å². The van der Waals surface area contributed by atoms with Gasteiger partial charge >= 0.3 is 0 Å². The molecule has 2 nitrogen and oxygen atoms in total. The van der Waals surface area contributed by atoms with Crippen molar-refractivity contribution in [1.29, 1.82) is 0 Å². The average molecular weight is 260 g/mol. The van der Waals surface area contributed by atoms with Gasteiger partial charge in [-0.05, 0) is 31.2 Å². The van der Waals surface area contributed by atoms with Crippen LogP contribution in [0.25, 0.3) is 0 Å². The molecular formula is C10H11BrFNO. The van der Waals surface area contributed by atoms with E-state index >= 15 is 0 Å². The number of hydrogen-bond acceptors (Lipinski definition) is 1. The van der Waals surface area contributed by atoms with E-state index in [1.54, 1.807) is 0 Å². The first-order valence-electron chi connectivity index (χ1n) is 4.26. The second-order valence-corrected chi connectivity index (χ2v) is 3.68.